The largest absolute Gasteiger partial charge is 0.350 e. The first kappa shape index (κ1) is 20.8. The molecule has 1 saturated heterocycles. The minimum absolute atomic E-state index is 0.000114. The van der Waals surface area contributed by atoms with Gasteiger partial charge in [0.1, 0.15) is 5.82 Å². The van der Waals surface area contributed by atoms with Gasteiger partial charge in [0.05, 0.1) is 0 Å². The van der Waals surface area contributed by atoms with Gasteiger partial charge in [0.2, 0.25) is 5.91 Å². The second kappa shape index (κ2) is 8.71. The molecule has 3 fully saturated rings. The molecule has 8 heteroatoms. The van der Waals surface area contributed by atoms with Crippen LogP contribution in [-0.2, 0) is 9.59 Å². The molecule has 3 aliphatic rings. The third-order valence-corrected chi connectivity index (χ3v) is 6.30. The maximum absolute atomic E-state index is 13.3. The van der Waals surface area contributed by atoms with E-state index in [0.717, 1.165) is 38.5 Å². The highest BCUT2D eigenvalue weighted by Gasteiger charge is 2.45. The second-order valence-electron chi connectivity index (χ2n) is 8.66. The van der Waals surface area contributed by atoms with Crippen LogP contribution in [0.1, 0.15) is 55.3 Å². The summed E-state index contributed by atoms with van der Waals surface area (Å²) in [6.07, 6.45) is 4.57. The Bertz CT molecular complexity index is 803. The molecule has 1 aromatic rings. The Hall–Kier alpha value is -2.48. The SMILES string of the molecule is NC1CCC(NC(=O)C2N(C(=O)c3ccc(F)cc3)CCCN2C(=O)C2CC2)CC1. The van der Waals surface area contributed by atoms with Crippen molar-refractivity contribution in [3.05, 3.63) is 35.6 Å². The van der Waals surface area contributed by atoms with Crippen molar-refractivity contribution in [3.8, 4) is 0 Å². The number of hydrogen-bond donors (Lipinski definition) is 2. The van der Waals surface area contributed by atoms with Crippen LogP contribution in [0.25, 0.3) is 0 Å². The predicted octanol–water partition coefficient (Wildman–Crippen LogP) is 1.62. The van der Waals surface area contributed by atoms with Crippen LogP contribution in [-0.4, -0.2) is 58.9 Å². The summed E-state index contributed by atoms with van der Waals surface area (Å²) in [5, 5.41) is 3.06. The van der Waals surface area contributed by atoms with Gasteiger partial charge in [-0.15, -0.1) is 0 Å². The van der Waals surface area contributed by atoms with Crippen LogP contribution in [0.2, 0.25) is 0 Å². The zero-order valence-corrected chi connectivity index (χ0v) is 17.1. The number of hydrogen-bond acceptors (Lipinski definition) is 4. The van der Waals surface area contributed by atoms with Crippen molar-refractivity contribution >= 4 is 17.7 Å². The van der Waals surface area contributed by atoms with Crippen LogP contribution in [0.15, 0.2) is 24.3 Å². The van der Waals surface area contributed by atoms with Crippen molar-refractivity contribution in [2.24, 2.45) is 11.7 Å². The Balaban J connectivity index is 1.56. The molecular weight excluding hydrogens is 387 g/mol. The molecule has 0 radical (unpaired) electrons. The van der Waals surface area contributed by atoms with Crippen molar-refractivity contribution in [1.82, 2.24) is 15.1 Å². The topological polar surface area (TPSA) is 95.7 Å². The number of rotatable bonds is 4. The molecule has 7 nitrogen and oxygen atoms in total. The number of benzene rings is 1. The molecule has 3 N–H and O–H groups in total. The summed E-state index contributed by atoms with van der Waals surface area (Å²) < 4.78 is 13.3. The molecular formula is C22H29FN4O3. The molecule has 2 saturated carbocycles. The van der Waals surface area contributed by atoms with E-state index in [1.165, 1.54) is 29.2 Å². The summed E-state index contributed by atoms with van der Waals surface area (Å²) in [7, 11) is 0. The maximum Gasteiger partial charge on any atom is 0.264 e. The summed E-state index contributed by atoms with van der Waals surface area (Å²) in [5.41, 5.74) is 6.27. The lowest BCUT2D eigenvalue weighted by molar-refractivity contribution is -0.150. The third-order valence-electron chi connectivity index (χ3n) is 6.30. The minimum atomic E-state index is -0.972. The summed E-state index contributed by atoms with van der Waals surface area (Å²) in [6, 6.07) is 5.44. The quantitative estimate of drug-likeness (QED) is 0.780. The normalized spacial score (nSPS) is 26.9. The first-order valence-electron chi connectivity index (χ1n) is 10.9. The van der Waals surface area contributed by atoms with E-state index < -0.39 is 12.0 Å². The molecule has 3 amide bonds. The zero-order chi connectivity index (χ0) is 21.3. The number of halogens is 1. The third kappa shape index (κ3) is 4.48. The number of amides is 3. The first-order chi connectivity index (χ1) is 14.4. The molecule has 1 aromatic carbocycles. The van der Waals surface area contributed by atoms with Gasteiger partial charge >= 0.3 is 0 Å². The van der Waals surface area contributed by atoms with Gasteiger partial charge in [0, 0.05) is 36.7 Å². The Labute approximate surface area is 175 Å². The highest BCUT2D eigenvalue weighted by Crippen LogP contribution is 2.33. The van der Waals surface area contributed by atoms with E-state index in [9.17, 15) is 18.8 Å². The molecule has 30 heavy (non-hydrogen) atoms. The van der Waals surface area contributed by atoms with Gasteiger partial charge in [0.15, 0.2) is 6.17 Å². The number of carbonyl (C=O) groups is 3. The molecule has 1 aliphatic heterocycles. The fourth-order valence-corrected chi connectivity index (χ4v) is 4.41. The van der Waals surface area contributed by atoms with Crippen LogP contribution >= 0.6 is 0 Å². The average molecular weight is 416 g/mol. The fourth-order valence-electron chi connectivity index (χ4n) is 4.41. The summed E-state index contributed by atoms with van der Waals surface area (Å²) in [5.74, 6) is -1.22. The van der Waals surface area contributed by atoms with Crippen molar-refractivity contribution in [3.63, 3.8) is 0 Å². The van der Waals surface area contributed by atoms with Gasteiger partial charge in [-0.1, -0.05) is 0 Å². The Morgan fingerprint density at radius 2 is 1.57 bits per heavy atom. The van der Waals surface area contributed by atoms with E-state index in [-0.39, 0.29) is 35.7 Å². The maximum atomic E-state index is 13.3. The van der Waals surface area contributed by atoms with Crippen LogP contribution in [0.5, 0.6) is 0 Å². The van der Waals surface area contributed by atoms with Crippen LogP contribution < -0.4 is 11.1 Å². The molecule has 1 atom stereocenters. The minimum Gasteiger partial charge on any atom is -0.350 e. The van der Waals surface area contributed by atoms with Crippen LogP contribution in [0, 0.1) is 11.7 Å². The molecule has 1 unspecified atom stereocenters. The monoisotopic (exact) mass is 416 g/mol. The van der Waals surface area contributed by atoms with Gasteiger partial charge in [0.25, 0.3) is 11.8 Å². The lowest BCUT2D eigenvalue weighted by Gasteiger charge is -2.43. The average Bonchev–Trinajstić information content (AvgIpc) is 3.60. The van der Waals surface area contributed by atoms with Gasteiger partial charge in [-0.05, 0) is 69.2 Å². The molecule has 1 heterocycles. The summed E-state index contributed by atoms with van der Waals surface area (Å²) >= 11 is 0. The standard InChI is InChI=1S/C22H29FN4O3/c23-16-6-4-15(5-7-16)22(30)27-13-1-12-26(21(29)14-2-3-14)20(27)19(28)25-18-10-8-17(24)9-11-18/h4-7,14,17-18,20H,1-3,8-13,24H2,(H,25,28). The van der Waals surface area contributed by atoms with E-state index in [1.54, 1.807) is 4.90 Å². The molecule has 4 rings (SSSR count). The Morgan fingerprint density at radius 1 is 0.933 bits per heavy atom. The molecule has 0 aromatic heterocycles. The second-order valence-corrected chi connectivity index (χ2v) is 8.66. The van der Waals surface area contributed by atoms with Gasteiger partial charge < -0.3 is 20.9 Å². The van der Waals surface area contributed by atoms with E-state index >= 15 is 0 Å². The van der Waals surface area contributed by atoms with E-state index in [2.05, 4.69) is 5.32 Å². The number of nitrogens with two attached hydrogens (primary N) is 1. The number of carbonyl (C=O) groups excluding carboxylic acids is 3. The number of nitrogens with one attached hydrogen (secondary N) is 1. The van der Waals surface area contributed by atoms with Crippen molar-refractivity contribution in [2.45, 2.75) is 63.2 Å². The molecule has 0 spiro atoms. The lowest BCUT2D eigenvalue weighted by atomic mass is 9.91. The smallest absolute Gasteiger partial charge is 0.264 e. The highest BCUT2D eigenvalue weighted by molar-refractivity contribution is 5.99. The first-order valence-corrected chi connectivity index (χ1v) is 10.9. The van der Waals surface area contributed by atoms with Crippen LogP contribution in [0.3, 0.4) is 0 Å². The molecule has 0 bridgehead atoms. The number of nitrogens with zero attached hydrogens (tertiary/aromatic N) is 2. The summed E-state index contributed by atoms with van der Waals surface area (Å²) in [6.45, 7) is 0.828. The van der Waals surface area contributed by atoms with E-state index in [0.29, 0.717) is 25.1 Å². The van der Waals surface area contributed by atoms with Gasteiger partial charge in [-0.3, -0.25) is 14.4 Å². The Kier molecular flexibility index (Phi) is 6.04. The van der Waals surface area contributed by atoms with Crippen molar-refractivity contribution < 1.29 is 18.8 Å². The Morgan fingerprint density at radius 3 is 2.20 bits per heavy atom. The van der Waals surface area contributed by atoms with Crippen LogP contribution in [0.4, 0.5) is 4.39 Å². The molecule has 2 aliphatic carbocycles. The van der Waals surface area contributed by atoms with Gasteiger partial charge in [-0.2, -0.15) is 0 Å². The fraction of sp³-hybridized carbons (Fsp3) is 0.591. The highest BCUT2D eigenvalue weighted by atomic mass is 19.1. The predicted molar refractivity (Wildman–Crippen MR) is 109 cm³/mol. The summed E-state index contributed by atoms with van der Waals surface area (Å²) in [4.78, 5) is 42.4. The van der Waals surface area contributed by atoms with E-state index in [4.69, 9.17) is 5.73 Å². The van der Waals surface area contributed by atoms with Crippen molar-refractivity contribution in [2.75, 3.05) is 13.1 Å². The zero-order valence-electron chi connectivity index (χ0n) is 17.1. The van der Waals surface area contributed by atoms with Gasteiger partial charge in [-0.25, -0.2) is 4.39 Å². The van der Waals surface area contributed by atoms with Crippen molar-refractivity contribution in [1.29, 1.82) is 0 Å². The molecule has 162 valence electrons. The van der Waals surface area contributed by atoms with E-state index in [1.807, 2.05) is 0 Å². The lowest BCUT2D eigenvalue weighted by Crippen LogP contribution is -2.64.